The summed E-state index contributed by atoms with van der Waals surface area (Å²) in [6.45, 7) is 14.1. The average Bonchev–Trinajstić information content (AvgIpc) is 2.12. The summed E-state index contributed by atoms with van der Waals surface area (Å²) in [5.74, 6) is 0.143. The number of hydrogen-bond donors (Lipinski definition) is 2. The third kappa shape index (κ3) is 4.04. The van der Waals surface area contributed by atoms with E-state index in [-0.39, 0.29) is 17.9 Å². The first kappa shape index (κ1) is 15.9. The monoisotopic (exact) mass is 232 g/mol. The Morgan fingerprint density at radius 1 is 1.06 bits per heavy atom. The molecule has 0 heterocycles. The zero-order valence-corrected chi connectivity index (χ0v) is 11.8. The van der Waals surface area contributed by atoms with E-state index in [1.165, 1.54) is 0 Å². The molecule has 0 bridgehead atoms. The minimum absolute atomic E-state index is 0.141. The van der Waals surface area contributed by atoms with Crippen LogP contribution < -0.4 is 0 Å². The summed E-state index contributed by atoms with van der Waals surface area (Å²) in [4.78, 5) is 0. The molecule has 0 fully saturated rings. The molecule has 0 aromatic rings. The van der Waals surface area contributed by atoms with Gasteiger partial charge in [0.1, 0.15) is 0 Å². The molecule has 2 N–H and O–H groups in total. The van der Waals surface area contributed by atoms with Crippen LogP contribution in [0.3, 0.4) is 0 Å². The van der Waals surface area contributed by atoms with Gasteiger partial charge in [-0.25, -0.2) is 0 Å². The van der Waals surface area contributed by atoms with Crippen LogP contribution in [-0.4, -0.2) is 34.6 Å². The van der Waals surface area contributed by atoms with Gasteiger partial charge in [0, 0.05) is 6.61 Å². The van der Waals surface area contributed by atoms with Gasteiger partial charge in [-0.05, 0) is 39.0 Å². The predicted octanol–water partition coefficient (Wildman–Crippen LogP) is 2.21. The molecular formula is C13H28O3. The molecule has 0 radical (unpaired) electrons. The van der Waals surface area contributed by atoms with Crippen molar-refractivity contribution in [3.8, 4) is 0 Å². The van der Waals surface area contributed by atoms with Crippen molar-refractivity contribution < 1.29 is 14.9 Å². The van der Waals surface area contributed by atoms with Gasteiger partial charge in [0.25, 0.3) is 0 Å². The highest BCUT2D eigenvalue weighted by Gasteiger charge is 2.42. The predicted molar refractivity (Wildman–Crippen MR) is 66.4 cm³/mol. The second-order valence-corrected chi connectivity index (χ2v) is 6.42. The number of ether oxygens (including phenoxy) is 1. The SMILES string of the molecule is CC(CO)C(C)(C)C(C)(C)OCC(C)(C)O. The summed E-state index contributed by atoms with van der Waals surface area (Å²) in [6.07, 6.45) is 0. The van der Waals surface area contributed by atoms with Crippen LogP contribution in [-0.2, 0) is 4.74 Å². The van der Waals surface area contributed by atoms with Crippen molar-refractivity contribution in [2.45, 2.75) is 59.7 Å². The first-order chi connectivity index (χ1) is 6.94. The summed E-state index contributed by atoms with van der Waals surface area (Å²) < 4.78 is 5.82. The minimum Gasteiger partial charge on any atom is -0.396 e. The number of rotatable bonds is 6. The molecule has 1 unspecified atom stereocenters. The Morgan fingerprint density at radius 2 is 1.50 bits per heavy atom. The van der Waals surface area contributed by atoms with Gasteiger partial charge in [-0.1, -0.05) is 20.8 Å². The van der Waals surface area contributed by atoms with Crippen LogP contribution >= 0.6 is 0 Å². The van der Waals surface area contributed by atoms with E-state index in [4.69, 9.17) is 4.74 Å². The lowest BCUT2D eigenvalue weighted by Crippen LogP contribution is -2.48. The van der Waals surface area contributed by atoms with Crippen molar-refractivity contribution in [2.75, 3.05) is 13.2 Å². The molecule has 98 valence electrons. The Kier molecular flexibility index (Phi) is 4.99. The number of aliphatic hydroxyl groups excluding tert-OH is 1. The Labute approximate surface area is 99.8 Å². The topological polar surface area (TPSA) is 49.7 Å². The maximum absolute atomic E-state index is 9.67. The standard InChI is InChI=1S/C13H28O3/c1-10(8-14)12(4,5)13(6,7)16-9-11(2,3)15/h10,14-15H,8-9H2,1-7H3. The highest BCUT2D eigenvalue weighted by molar-refractivity contribution is 4.91. The van der Waals surface area contributed by atoms with Crippen LogP contribution in [0.1, 0.15) is 48.5 Å². The fourth-order valence-corrected chi connectivity index (χ4v) is 1.36. The van der Waals surface area contributed by atoms with Crippen LogP contribution in [0.2, 0.25) is 0 Å². The largest absolute Gasteiger partial charge is 0.396 e. The maximum atomic E-state index is 9.67. The summed E-state index contributed by atoms with van der Waals surface area (Å²) in [5, 5.41) is 18.9. The van der Waals surface area contributed by atoms with Crippen LogP contribution in [0.4, 0.5) is 0 Å². The van der Waals surface area contributed by atoms with E-state index in [1.807, 2.05) is 20.8 Å². The van der Waals surface area contributed by atoms with Crippen LogP contribution in [0.25, 0.3) is 0 Å². The van der Waals surface area contributed by atoms with E-state index in [0.29, 0.717) is 6.61 Å². The van der Waals surface area contributed by atoms with E-state index in [1.54, 1.807) is 13.8 Å². The highest BCUT2D eigenvalue weighted by atomic mass is 16.5. The number of aliphatic hydroxyl groups is 2. The molecule has 0 aromatic carbocycles. The van der Waals surface area contributed by atoms with Gasteiger partial charge in [-0.15, -0.1) is 0 Å². The van der Waals surface area contributed by atoms with Gasteiger partial charge in [-0.2, -0.15) is 0 Å². The smallest absolute Gasteiger partial charge is 0.0824 e. The molecule has 0 saturated carbocycles. The van der Waals surface area contributed by atoms with Gasteiger partial charge in [0.2, 0.25) is 0 Å². The summed E-state index contributed by atoms with van der Waals surface area (Å²) in [5.41, 5.74) is -1.38. The van der Waals surface area contributed by atoms with Crippen LogP contribution in [0.15, 0.2) is 0 Å². The van der Waals surface area contributed by atoms with E-state index in [9.17, 15) is 10.2 Å². The first-order valence-corrected chi connectivity index (χ1v) is 5.91. The van der Waals surface area contributed by atoms with Gasteiger partial charge in [0.05, 0.1) is 17.8 Å². The highest BCUT2D eigenvalue weighted by Crippen LogP contribution is 2.40. The molecule has 0 aromatic heterocycles. The zero-order valence-electron chi connectivity index (χ0n) is 11.8. The second kappa shape index (κ2) is 5.03. The Bertz CT molecular complexity index is 214. The van der Waals surface area contributed by atoms with Crippen molar-refractivity contribution in [1.82, 2.24) is 0 Å². The summed E-state index contributed by atoms with van der Waals surface area (Å²) in [7, 11) is 0. The van der Waals surface area contributed by atoms with Crippen molar-refractivity contribution in [2.24, 2.45) is 11.3 Å². The Morgan fingerprint density at radius 3 is 1.81 bits per heavy atom. The van der Waals surface area contributed by atoms with Crippen LogP contribution in [0.5, 0.6) is 0 Å². The molecule has 3 nitrogen and oxygen atoms in total. The van der Waals surface area contributed by atoms with E-state index < -0.39 is 11.2 Å². The van der Waals surface area contributed by atoms with Gasteiger partial charge < -0.3 is 14.9 Å². The van der Waals surface area contributed by atoms with Crippen LogP contribution in [0, 0.1) is 11.3 Å². The second-order valence-electron chi connectivity index (χ2n) is 6.42. The quantitative estimate of drug-likeness (QED) is 0.738. The van der Waals surface area contributed by atoms with Gasteiger partial charge in [-0.3, -0.25) is 0 Å². The van der Waals surface area contributed by atoms with Crippen molar-refractivity contribution >= 4 is 0 Å². The van der Waals surface area contributed by atoms with E-state index in [0.717, 1.165) is 0 Å². The summed E-state index contributed by atoms with van der Waals surface area (Å²) in [6, 6.07) is 0. The lowest BCUT2D eigenvalue weighted by Gasteiger charge is -2.46. The van der Waals surface area contributed by atoms with Crippen molar-refractivity contribution in [3.63, 3.8) is 0 Å². The normalized spacial score (nSPS) is 16.3. The molecule has 0 aliphatic rings. The molecule has 0 aliphatic carbocycles. The number of hydrogen-bond acceptors (Lipinski definition) is 3. The minimum atomic E-state index is -0.824. The van der Waals surface area contributed by atoms with Gasteiger partial charge in [0.15, 0.2) is 0 Å². The molecule has 0 spiro atoms. The molecular weight excluding hydrogens is 204 g/mol. The van der Waals surface area contributed by atoms with E-state index in [2.05, 4.69) is 13.8 Å². The zero-order chi connectivity index (χ0) is 13.2. The Hall–Kier alpha value is -0.120. The third-order valence-electron chi connectivity index (χ3n) is 3.84. The first-order valence-electron chi connectivity index (χ1n) is 5.91. The molecule has 3 heteroatoms. The molecule has 0 aliphatic heterocycles. The summed E-state index contributed by atoms with van der Waals surface area (Å²) >= 11 is 0. The molecule has 0 amide bonds. The molecule has 0 rings (SSSR count). The third-order valence-corrected chi connectivity index (χ3v) is 3.84. The average molecular weight is 232 g/mol. The Balaban J connectivity index is 4.64. The lowest BCUT2D eigenvalue weighted by molar-refractivity contribution is -0.157. The molecule has 1 atom stereocenters. The van der Waals surface area contributed by atoms with Crippen molar-refractivity contribution in [3.05, 3.63) is 0 Å². The molecule has 16 heavy (non-hydrogen) atoms. The molecule has 0 saturated heterocycles. The van der Waals surface area contributed by atoms with Gasteiger partial charge >= 0.3 is 0 Å². The lowest BCUT2D eigenvalue weighted by atomic mass is 9.68. The fourth-order valence-electron chi connectivity index (χ4n) is 1.36. The van der Waals surface area contributed by atoms with E-state index >= 15 is 0 Å². The maximum Gasteiger partial charge on any atom is 0.0824 e. The fraction of sp³-hybridized carbons (Fsp3) is 1.00. The van der Waals surface area contributed by atoms with Crippen molar-refractivity contribution in [1.29, 1.82) is 0 Å².